The Morgan fingerprint density at radius 1 is 1.19 bits per heavy atom. The number of anilines is 2. The maximum atomic E-state index is 5.56. The van der Waals surface area contributed by atoms with E-state index in [1.807, 2.05) is 42.5 Å². The van der Waals surface area contributed by atoms with Gasteiger partial charge in [0.25, 0.3) is 0 Å². The van der Waals surface area contributed by atoms with Gasteiger partial charge in [-0.2, -0.15) is 0 Å². The predicted molar refractivity (Wildman–Crippen MR) is 87.2 cm³/mol. The molecule has 5 heteroatoms. The largest absolute Gasteiger partial charge is 0.324 e. The van der Waals surface area contributed by atoms with Crippen LogP contribution in [0, 0.1) is 12.3 Å². The molecule has 3 aromatic rings. The van der Waals surface area contributed by atoms with E-state index in [1.165, 1.54) is 11.9 Å². The summed E-state index contributed by atoms with van der Waals surface area (Å²) in [5.41, 5.74) is 2.56. The smallest absolute Gasteiger partial charge is 0.227 e. The molecule has 0 saturated heterocycles. The molecule has 0 aliphatic carbocycles. The van der Waals surface area contributed by atoms with Crippen molar-refractivity contribution in [2.24, 2.45) is 5.14 Å². The molecule has 0 spiro atoms. The molecule has 0 amide bonds. The zero-order valence-corrected chi connectivity index (χ0v) is 11.9. The van der Waals surface area contributed by atoms with Crippen molar-refractivity contribution in [3.05, 3.63) is 54.2 Å². The van der Waals surface area contributed by atoms with E-state index in [4.69, 9.17) is 11.6 Å². The first kappa shape index (κ1) is 13.4. The van der Waals surface area contributed by atoms with Gasteiger partial charge < -0.3 is 5.32 Å². The van der Waals surface area contributed by atoms with Crippen LogP contribution in [-0.4, -0.2) is 9.97 Å². The van der Waals surface area contributed by atoms with Gasteiger partial charge in [0.15, 0.2) is 0 Å². The summed E-state index contributed by atoms with van der Waals surface area (Å²) >= 11 is 1.20. The van der Waals surface area contributed by atoms with Crippen molar-refractivity contribution in [1.82, 2.24) is 9.97 Å². The van der Waals surface area contributed by atoms with Crippen molar-refractivity contribution in [3.8, 4) is 12.3 Å². The number of aromatic nitrogens is 2. The van der Waals surface area contributed by atoms with Crippen LogP contribution >= 0.6 is 11.9 Å². The summed E-state index contributed by atoms with van der Waals surface area (Å²) in [6, 6.07) is 13.4. The van der Waals surface area contributed by atoms with Crippen molar-refractivity contribution in [2.75, 3.05) is 5.32 Å². The summed E-state index contributed by atoms with van der Waals surface area (Å²) in [4.78, 5) is 9.75. The van der Waals surface area contributed by atoms with E-state index < -0.39 is 0 Å². The lowest BCUT2D eigenvalue weighted by Crippen LogP contribution is -1.97. The van der Waals surface area contributed by atoms with Gasteiger partial charge in [0.05, 0.1) is 5.52 Å². The SMILES string of the molecule is C#Cc1ccc2nc(Nc3cccc(SN)c3)ncc2c1. The van der Waals surface area contributed by atoms with E-state index in [0.717, 1.165) is 27.0 Å². The zero-order chi connectivity index (χ0) is 14.7. The normalized spacial score (nSPS) is 10.3. The highest BCUT2D eigenvalue weighted by atomic mass is 32.2. The Balaban J connectivity index is 1.92. The first-order valence-electron chi connectivity index (χ1n) is 6.26. The van der Waals surface area contributed by atoms with Crippen molar-refractivity contribution in [2.45, 2.75) is 4.90 Å². The molecular formula is C16H12N4S. The molecule has 1 aromatic heterocycles. The highest BCUT2D eigenvalue weighted by Gasteiger charge is 2.02. The van der Waals surface area contributed by atoms with Crippen LogP contribution in [0.5, 0.6) is 0 Å². The fourth-order valence-electron chi connectivity index (χ4n) is 1.96. The monoisotopic (exact) mass is 292 g/mol. The van der Waals surface area contributed by atoms with Crippen LogP contribution in [0.4, 0.5) is 11.6 Å². The topological polar surface area (TPSA) is 63.8 Å². The van der Waals surface area contributed by atoms with Crippen molar-refractivity contribution >= 4 is 34.5 Å². The molecule has 0 aliphatic rings. The van der Waals surface area contributed by atoms with Gasteiger partial charge in [-0.05, 0) is 48.3 Å². The van der Waals surface area contributed by atoms with Crippen molar-refractivity contribution < 1.29 is 0 Å². The Bertz CT molecular complexity index is 839. The van der Waals surface area contributed by atoms with Crippen LogP contribution in [0.25, 0.3) is 10.9 Å². The third-order valence-electron chi connectivity index (χ3n) is 2.97. The van der Waals surface area contributed by atoms with Gasteiger partial charge in [0.1, 0.15) is 0 Å². The number of rotatable bonds is 3. The van der Waals surface area contributed by atoms with Crippen molar-refractivity contribution in [1.29, 1.82) is 0 Å². The summed E-state index contributed by atoms with van der Waals surface area (Å²) in [6.07, 6.45) is 7.14. The molecule has 0 aliphatic heterocycles. The number of benzene rings is 2. The van der Waals surface area contributed by atoms with Gasteiger partial charge >= 0.3 is 0 Å². The summed E-state index contributed by atoms with van der Waals surface area (Å²) in [6.45, 7) is 0. The van der Waals surface area contributed by atoms with Gasteiger partial charge in [-0.3, -0.25) is 5.14 Å². The molecular weight excluding hydrogens is 280 g/mol. The molecule has 0 fully saturated rings. The predicted octanol–water partition coefficient (Wildman–Crippen LogP) is 3.32. The maximum absolute atomic E-state index is 5.56. The quantitative estimate of drug-likeness (QED) is 0.572. The Morgan fingerprint density at radius 2 is 2.10 bits per heavy atom. The van der Waals surface area contributed by atoms with Gasteiger partial charge in [-0.25, -0.2) is 9.97 Å². The maximum Gasteiger partial charge on any atom is 0.227 e. The first-order valence-corrected chi connectivity index (χ1v) is 7.14. The minimum Gasteiger partial charge on any atom is -0.324 e. The van der Waals surface area contributed by atoms with Crippen LogP contribution in [0.1, 0.15) is 5.56 Å². The second-order valence-electron chi connectivity index (χ2n) is 4.38. The fraction of sp³-hybridized carbons (Fsp3) is 0. The Morgan fingerprint density at radius 3 is 2.90 bits per heavy atom. The average molecular weight is 292 g/mol. The van der Waals surface area contributed by atoms with Crippen molar-refractivity contribution in [3.63, 3.8) is 0 Å². The molecule has 102 valence electrons. The molecule has 3 N–H and O–H groups in total. The summed E-state index contributed by atoms with van der Waals surface area (Å²) in [5, 5.41) is 9.64. The second-order valence-corrected chi connectivity index (χ2v) is 5.09. The molecule has 0 saturated carbocycles. The van der Waals surface area contributed by atoms with Gasteiger partial charge in [-0.15, -0.1) is 6.42 Å². The highest BCUT2D eigenvalue weighted by Crippen LogP contribution is 2.21. The fourth-order valence-corrected chi connectivity index (χ4v) is 2.31. The minimum atomic E-state index is 0.537. The van der Waals surface area contributed by atoms with Crippen LogP contribution in [0.2, 0.25) is 0 Å². The van der Waals surface area contributed by atoms with Gasteiger partial charge in [0, 0.05) is 27.7 Å². The van der Waals surface area contributed by atoms with Gasteiger partial charge in [0.2, 0.25) is 5.95 Å². The number of nitrogens with two attached hydrogens (primary N) is 1. The third kappa shape index (κ3) is 2.97. The Kier molecular flexibility index (Phi) is 3.73. The molecule has 21 heavy (non-hydrogen) atoms. The Labute approximate surface area is 126 Å². The van der Waals surface area contributed by atoms with E-state index in [1.54, 1.807) is 6.20 Å². The lowest BCUT2D eigenvalue weighted by Gasteiger charge is -2.07. The molecule has 2 aromatic carbocycles. The average Bonchev–Trinajstić information content (AvgIpc) is 2.54. The number of nitrogens with one attached hydrogen (secondary N) is 1. The second kappa shape index (κ2) is 5.83. The number of nitrogens with zero attached hydrogens (tertiary/aromatic N) is 2. The van der Waals surface area contributed by atoms with E-state index >= 15 is 0 Å². The van der Waals surface area contributed by atoms with Crippen LogP contribution in [-0.2, 0) is 0 Å². The summed E-state index contributed by atoms with van der Waals surface area (Å²) in [7, 11) is 0. The van der Waals surface area contributed by atoms with E-state index in [0.29, 0.717) is 5.95 Å². The molecule has 3 rings (SSSR count). The molecule has 0 atom stereocenters. The van der Waals surface area contributed by atoms with E-state index in [-0.39, 0.29) is 0 Å². The third-order valence-corrected chi connectivity index (χ3v) is 3.50. The molecule has 1 heterocycles. The standard InChI is InChI=1S/C16H12N4S/c1-2-11-6-7-15-12(8-11)10-18-16(20-15)19-13-4-3-5-14(9-13)21-17/h1,3-10H,17H2,(H,18,19,20). The van der Waals surface area contributed by atoms with Crippen LogP contribution in [0.3, 0.4) is 0 Å². The molecule has 0 radical (unpaired) electrons. The van der Waals surface area contributed by atoms with E-state index in [2.05, 4.69) is 21.2 Å². The lowest BCUT2D eigenvalue weighted by atomic mass is 10.1. The zero-order valence-electron chi connectivity index (χ0n) is 11.1. The summed E-state index contributed by atoms with van der Waals surface area (Å²) in [5.74, 6) is 3.14. The molecule has 4 nitrogen and oxygen atoms in total. The molecule has 0 bridgehead atoms. The Hall–Kier alpha value is -2.55. The molecule has 0 unspecified atom stereocenters. The highest BCUT2D eigenvalue weighted by molar-refractivity contribution is 7.97. The number of hydrogen-bond acceptors (Lipinski definition) is 5. The van der Waals surface area contributed by atoms with Gasteiger partial charge in [-0.1, -0.05) is 12.0 Å². The summed E-state index contributed by atoms with van der Waals surface area (Å²) < 4.78 is 0. The van der Waals surface area contributed by atoms with E-state index in [9.17, 15) is 0 Å². The van der Waals surface area contributed by atoms with Crippen LogP contribution in [0.15, 0.2) is 53.6 Å². The first-order chi connectivity index (χ1) is 10.3. The lowest BCUT2D eigenvalue weighted by molar-refractivity contribution is 1.21. The number of fused-ring (bicyclic) bond motifs is 1. The van der Waals surface area contributed by atoms with Crippen LogP contribution < -0.4 is 10.5 Å². The number of terminal acetylenes is 1. The number of hydrogen-bond donors (Lipinski definition) is 2. The minimum absolute atomic E-state index is 0.537.